The van der Waals surface area contributed by atoms with Crippen molar-refractivity contribution in [2.45, 2.75) is 52.4 Å². The third kappa shape index (κ3) is 5.84. The van der Waals surface area contributed by atoms with Crippen LogP contribution in [0, 0.1) is 23.5 Å². The molecule has 0 N–H and O–H groups in total. The summed E-state index contributed by atoms with van der Waals surface area (Å²) in [6, 6.07) is 10.2. The summed E-state index contributed by atoms with van der Waals surface area (Å²) < 4.78 is 39.6. The zero-order valence-corrected chi connectivity index (χ0v) is 18.0. The predicted molar refractivity (Wildman–Crippen MR) is 118 cm³/mol. The van der Waals surface area contributed by atoms with Crippen LogP contribution in [0.4, 0.5) is 8.78 Å². The summed E-state index contributed by atoms with van der Waals surface area (Å²) in [6.07, 6.45) is 11.9. The van der Waals surface area contributed by atoms with Crippen LogP contribution in [0.2, 0.25) is 0 Å². The van der Waals surface area contributed by atoms with Crippen molar-refractivity contribution in [3.63, 3.8) is 0 Å². The van der Waals surface area contributed by atoms with Crippen molar-refractivity contribution in [1.82, 2.24) is 0 Å². The highest BCUT2D eigenvalue weighted by atomic mass is 19.2. The summed E-state index contributed by atoms with van der Waals surface area (Å²) >= 11 is 0. The van der Waals surface area contributed by atoms with Crippen LogP contribution in [0.15, 0.2) is 48.6 Å². The minimum absolute atomic E-state index is 0.0600. The van der Waals surface area contributed by atoms with Gasteiger partial charge in [-0.15, -0.1) is 0 Å². The molecule has 1 saturated carbocycles. The van der Waals surface area contributed by atoms with Gasteiger partial charge in [0.1, 0.15) is 5.75 Å². The number of hydrogen-bond donors (Lipinski definition) is 0. The Morgan fingerprint density at radius 3 is 2.27 bits per heavy atom. The highest BCUT2D eigenvalue weighted by Crippen LogP contribution is 2.33. The molecule has 2 nitrogen and oxygen atoms in total. The average molecular weight is 415 g/mol. The first-order valence-corrected chi connectivity index (χ1v) is 11.1. The molecule has 0 bridgehead atoms. The van der Waals surface area contributed by atoms with Crippen LogP contribution in [-0.2, 0) is 0 Å². The highest BCUT2D eigenvalue weighted by Gasteiger charge is 2.21. The quantitative estimate of drug-likeness (QED) is 0.394. The fraction of sp³-hybridized carbons (Fsp3) is 0.462. The minimum Gasteiger partial charge on any atom is -0.493 e. The lowest BCUT2D eigenvalue weighted by Crippen LogP contribution is -2.20. The SMILES string of the molecule is C/C=C/CCC1CCC(COc2ccc(-c3ccc(OCC)c(F)c3F)cc2)CC1. The molecule has 0 atom stereocenters. The van der Waals surface area contributed by atoms with Crippen LogP contribution in [0.5, 0.6) is 11.5 Å². The van der Waals surface area contributed by atoms with Gasteiger partial charge in [-0.3, -0.25) is 0 Å². The largest absolute Gasteiger partial charge is 0.493 e. The molecule has 2 aromatic rings. The molecule has 1 aliphatic carbocycles. The molecule has 4 heteroatoms. The van der Waals surface area contributed by atoms with Crippen LogP contribution in [-0.4, -0.2) is 13.2 Å². The minimum atomic E-state index is -0.948. The van der Waals surface area contributed by atoms with Gasteiger partial charge in [0.25, 0.3) is 0 Å². The van der Waals surface area contributed by atoms with Gasteiger partial charge in [0, 0.05) is 5.56 Å². The van der Waals surface area contributed by atoms with E-state index in [0.717, 1.165) is 11.7 Å². The molecule has 0 aliphatic heterocycles. The Labute approximate surface area is 178 Å². The Bertz CT molecular complexity index is 822. The van der Waals surface area contributed by atoms with Crippen LogP contribution in [0.3, 0.4) is 0 Å². The summed E-state index contributed by atoms with van der Waals surface area (Å²) in [5.74, 6) is 0.314. The maximum Gasteiger partial charge on any atom is 0.201 e. The van der Waals surface area contributed by atoms with Gasteiger partial charge in [0.2, 0.25) is 5.82 Å². The predicted octanol–water partition coefficient (Wildman–Crippen LogP) is 7.57. The number of allylic oxidation sites excluding steroid dienone is 2. The van der Waals surface area contributed by atoms with E-state index in [2.05, 4.69) is 19.1 Å². The van der Waals surface area contributed by atoms with Gasteiger partial charge >= 0.3 is 0 Å². The third-order valence-electron chi connectivity index (χ3n) is 5.94. The number of benzene rings is 2. The van der Waals surface area contributed by atoms with Gasteiger partial charge in [-0.25, -0.2) is 4.39 Å². The second-order valence-corrected chi connectivity index (χ2v) is 8.04. The molecule has 1 aliphatic rings. The molecule has 0 spiro atoms. The van der Waals surface area contributed by atoms with E-state index in [1.54, 1.807) is 25.1 Å². The van der Waals surface area contributed by atoms with E-state index in [1.807, 2.05) is 12.1 Å². The summed E-state index contributed by atoms with van der Waals surface area (Å²) in [5, 5.41) is 0. The number of halogens is 2. The standard InChI is InChI=1S/C26H32F2O2/c1-3-5-6-7-19-8-10-20(11-9-19)18-30-22-14-12-21(13-15-22)23-16-17-24(29-4-2)26(28)25(23)27/h3,5,12-17,19-20H,4,6-11,18H2,1-2H3/b5-3+. The van der Waals surface area contributed by atoms with E-state index in [1.165, 1.54) is 44.6 Å². The molecule has 2 aromatic carbocycles. The first-order chi connectivity index (χ1) is 14.6. The lowest BCUT2D eigenvalue weighted by molar-refractivity contribution is 0.179. The molecule has 0 saturated heterocycles. The normalized spacial score (nSPS) is 19.2. The zero-order valence-electron chi connectivity index (χ0n) is 18.0. The molecule has 30 heavy (non-hydrogen) atoms. The lowest BCUT2D eigenvalue weighted by atomic mass is 9.80. The van der Waals surface area contributed by atoms with Crippen LogP contribution in [0.25, 0.3) is 11.1 Å². The highest BCUT2D eigenvalue weighted by molar-refractivity contribution is 5.66. The average Bonchev–Trinajstić information content (AvgIpc) is 2.77. The summed E-state index contributed by atoms with van der Waals surface area (Å²) in [7, 11) is 0. The third-order valence-corrected chi connectivity index (χ3v) is 5.94. The maximum atomic E-state index is 14.4. The molecule has 3 rings (SSSR count). The molecular formula is C26H32F2O2. The molecule has 0 amide bonds. The molecule has 0 aromatic heterocycles. The smallest absolute Gasteiger partial charge is 0.201 e. The van der Waals surface area contributed by atoms with Crippen molar-refractivity contribution in [2.24, 2.45) is 11.8 Å². The van der Waals surface area contributed by atoms with Gasteiger partial charge in [-0.05, 0) is 81.2 Å². The second-order valence-electron chi connectivity index (χ2n) is 8.04. The van der Waals surface area contributed by atoms with Gasteiger partial charge in [0.05, 0.1) is 13.2 Å². The van der Waals surface area contributed by atoms with Crippen molar-refractivity contribution in [3.8, 4) is 22.6 Å². The van der Waals surface area contributed by atoms with E-state index >= 15 is 0 Å². The van der Waals surface area contributed by atoms with E-state index in [-0.39, 0.29) is 11.3 Å². The first-order valence-electron chi connectivity index (χ1n) is 11.1. The van der Waals surface area contributed by atoms with Crippen molar-refractivity contribution in [2.75, 3.05) is 13.2 Å². The second kappa shape index (κ2) is 11.1. The van der Waals surface area contributed by atoms with Crippen molar-refractivity contribution >= 4 is 0 Å². The van der Waals surface area contributed by atoms with Crippen LogP contribution < -0.4 is 9.47 Å². The molecule has 0 unspecified atom stereocenters. The van der Waals surface area contributed by atoms with Crippen molar-refractivity contribution in [1.29, 1.82) is 0 Å². The first kappa shape index (κ1) is 22.3. The maximum absolute atomic E-state index is 14.4. The Kier molecular flexibility index (Phi) is 8.30. The van der Waals surface area contributed by atoms with E-state index < -0.39 is 11.6 Å². The molecule has 1 fully saturated rings. The summed E-state index contributed by atoms with van der Waals surface area (Å²) in [6.45, 7) is 4.82. The van der Waals surface area contributed by atoms with Gasteiger partial charge < -0.3 is 9.47 Å². The topological polar surface area (TPSA) is 18.5 Å². The number of ether oxygens (including phenoxy) is 2. The van der Waals surface area contributed by atoms with Crippen LogP contribution >= 0.6 is 0 Å². The summed E-state index contributed by atoms with van der Waals surface area (Å²) in [4.78, 5) is 0. The summed E-state index contributed by atoms with van der Waals surface area (Å²) in [5.41, 5.74) is 0.835. The fourth-order valence-electron chi connectivity index (χ4n) is 4.15. The molecule has 0 heterocycles. The number of rotatable bonds is 9. The van der Waals surface area contributed by atoms with Crippen molar-refractivity contribution in [3.05, 3.63) is 60.2 Å². The monoisotopic (exact) mass is 414 g/mol. The Morgan fingerprint density at radius 1 is 0.900 bits per heavy atom. The van der Waals surface area contributed by atoms with E-state index in [4.69, 9.17) is 9.47 Å². The molecule has 162 valence electrons. The Morgan fingerprint density at radius 2 is 1.60 bits per heavy atom. The lowest BCUT2D eigenvalue weighted by Gasteiger charge is -2.28. The van der Waals surface area contributed by atoms with Gasteiger partial charge in [0.15, 0.2) is 11.6 Å². The van der Waals surface area contributed by atoms with E-state index in [9.17, 15) is 8.78 Å². The molecule has 0 radical (unpaired) electrons. The number of hydrogen-bond acceptors (Lipinski definition) is 2. The zero-order chi connectivity index (χ0) is 21.3. The molecular weight excluding hydrogens is 382 g/mol. The Balaban J connectivity index is 1.52. The van der Waals surface area contributed by atoms with Crippen LogP contribution in [0.1, 0.15) is 52.4 Å². The van der Waals surface area contributed by atoms with E-state index in [0.29, 0.717) is 24.7 Å². The fourth-order valence-corrected chi connectivity index (χ4v) is 4.15. The van der Waals surface area contributed by atoms with Gasteiger partial charge in [-0.1, -0.05) is 37.1 Å². The van der Waals surface area contributed by atoms with Gasteiger partial charge in [-0.2, -0.15) is 4.39 Å². The van der Waals surface area contributed by atoms with Crippen molar-refractivity contribution < 1.29 is 18.3 Å². The Hall–Kier alpha value is -2.36.